The summed E-state index contributed by atoms with van der Waals surface area (Å²) in [5.41, 5.74) is 3.84. The summed E-state index contributed by atoms with van der Waals surface area (Å²) in [5, 5.41) is 7.02. The topological polar surface area (TPSA) is 55.7 Å². The first-order valence-corrected chi connectivity index (χ1v) is 12.3. The molecule has 0 bridgehead atoms. The van der Waals surface area contributed by atoms with Crippen molar-refractivity contribution < 1.29 is 4.74 Å². The number of nitrogens with zero attached hydrogens (tertiary/aromatic N) is 3. The van der Waals surface area contributed by atoms with E-state index in [-0.39, 0.29) is 0 Å². The average Bonchev–Trinajstić information content (AvgIpc) is 3.30. The standard InChI is InChI=1S/C20H30N4OSi/c1-5-25-13-18-17-11-16(12-24-15-21-14-22-24)9-10-19(17)23-20(18)26(6-2,7-3)8-4/h9-11,14-15,23H,5-8,12-13H2,1-4H3. The average molecular weight is 371 g/mol. The van der Waals surface area contributed by atoms with Crippen LogP contribution in [0.15, 0.2) is 30.9 Å². The molecule has 26 heavy (non-hydrogen) atoms. The van der Waals surface area contributed by atoms with Gasteiger partial charge in [-0.2, -0.15) is 5.10 Å². The summed E-state index contributed by atoms with van der Waals surface area (Å²) in [6.07, 6.45) is 3.34. The van der Waals surface area contributed by atoms with Gasteiger partial charge < -0.3 is 9.72 Å². The first-order chi connectivity index (χ1) is 12.7. The van der Waals surface area contributed by atoms with Crippen LogP contribution >= 0.6 is 0 Å². The fourth-order valence-electron chi connectivity index (χ4n) is 3.98. The maximum Gasteiger partial charge on any atom is 0.137 e. The molecule has 0 saturated heterocycles. The van der Waals surface area contributed by atoms with E-state index in [1.807, 2.05) is 4.68 Å². The number of fused-ring (bicyclic) bond motifs is 1. The number of ether oxygens (including phenoxy) is 1. The molecule has 3 aromatic rings. The predicted molar refractivity (Wildman–Crippen MR) is 110 cm³/mol. The number of hydrogen-bond donors (Lipinski definition) is 1. The molecule has 0 unspecified atom stereocenters. The largest absolute Gasteiger partial charge is 0.377 e. The second kappa shape index (κ2) is 8.18. The molecule has 0 saturated carbocycles. The second-order valence-electron chi connectivity index (χ2n) is 6.93. The molecular weight excluding hydrogens is 340 g/mol. The van der Waals surface area contributed by atoms with E-state index in [4.69, 9.17) is 4.74 Å². The van der Waals surface area contributed by atoms with Crippen LogP contribution in [-0.2, 0) is 17.9 Å². The summed E-state index contributed by atoms with van der Waals surface area (Å²) in [7, 11) is -1.51. The molecule has 0 amide bonds. The smallest absolute Gasteiger partial charge is 0.137 e. The molecule has 0 aliphatic heterocycles. The minimum Gasteiger partial charge on any atom is -0.377 e. The molecule has 3 rings (SSSR count). The van der Waals surface area contributed by atoms with Gasteiger partial charge in [-0.15, -0.1) is 0 Å². The van der Waals surface area contributed by atoms with Crippen molar-refractivity contribution >= 4 is 24.3 Å². The molecular formula is C20H30N4OSi. The lowest BCUT2D eigenvalue weighted by atomic mass is 10.1. The van der Waals surface area contributed by atoms with E-state index >= 15 is 0 Å². The Labute approximate surface area is 156 Å². The fourth-order valence-corrected chi connectivity index (χ4v) is 7.79. The van der Waals surface area contributed by atoms with Gasteiger partial charge in [-0.3, -0.25) is 0 Å². The third kappa shape index (κ3) is 3.48. The summed E-state index contributed by atoms with van der Waals surface area (Å²) in [5.74, 6) is 0. The number of benzene rings is 1. The zero-order valence-electron chi connectivity index (χ0n) is 16.4. The van der Waals surface area contributed by atoms with Gasteiger partial charge in [0.15, 0.2) is 0 Å². The van der Waals surface area contributed by atoms with Gasteiger partial charge in [0.05, 0.1) is 13.2 Å². The second-order valence-corrected chi connectivity index (χ2v) is 12.1. The van der Waals surface area contributed by atoms with Crippen molar-refractivity contribution in [2.24, 2.45) is 0 Å². The lowest BCUT2D eigenvalue weighted by Gasteiger charge is -2.28. The first kappa shape index (κ1) is 18.9. The highest BCUT2D eigenvalue weighted by molar-refractivity contribution is 6.91. The number of H-pyrrole nitrogens is 1. The van der Waals surface area contributed by atoms with Crippen molar-refractivity contribution in [2.75, 3.05) is 6.61 Å². The Balaban J connectivity index is 2.09. The number of nitrogens with one attached hydrogen (secondary N) is 1. The van der Waals surface area contributed by atoms with E-state index in [1.54, 1.807) is 12.7 Å². The van der Waals surface area contributed by atoms with Crippen molar-refractivity contribution in [2.45, 2.75) is 59.0 Å². The van der Waals surface area contributed by atoms with E-state index in [0.29, 0.717) is 6.61 Å². The molecule has 0 aliphatic rings. The van der Waals surface area contributed by atoms with Gasteiger partial charge in [-0.25, -0.2) is 9.67 Å². The fraction of sp³-hybridized carbons (Fsp3) is 0.500. The molecule has 0 fully saturated rings. The molecule has 2 aromatic heterocycles. The van der Waals surface area contributed by atoms with Crippen LogP contribution in [0, 0.1) is 0 Å². The van der Waals surface area contributed by atoms with Crippen LogP contribution in [0.3, 0.4) is 0 Å². The molecule has 0 aliphatic carbocycles. The quantitative estimate of drug-likeness (QED) is 0.578. The summed E-state index contributed by atoms with van der Waals surface area (Å²) in [6.45, 7) is 11.3. The Hall–Kier alpha value is -1.92. The highest BCUT2D eigenvalue weighted by Crippen LogP contribution is 2.27. The van der Waals surface area contributed by atoms with Gasteiger partial charge in [0.25, 0.3) is 0 Å². The highest BCUT2D eigenvalue weighted by Gasteiger charge is 2.34. The summed E-state index contributed by atoms with van der Waals surface area (Å²) < 4.78 is 7.74. The molecule has 1 N–H and O–H groups in total. The molecule has 140 valence electrons. The first-order valence-electron chi connectivity index (χ1n) is 9.71. The monoisotopic (exact) mass is 370 g/mol. The van der Waals surface area contributed by atoms with E-state index in [1.165, 1.54) is 45.5 Å². The molecule has 0 spiro atoms. The lowest BCUT2D eigenvalue weighted by Crippen LogP contribution is -2.48. The SMILES string of the molecule is CCOCc1c([Si](CC)(CC)CC)[nH]c2ccc(Cn3cncn3)cc12. The van der Waals surface area contributed by atoms with Crippen molar-refractivity contribution in [3.8, 4) is 0 Å². The third-order valence-electron chi connectivity index (χ3n) is 5.79. The minimum absolute atomic E-state index is 0.688. The van der Waals surface area contributed by atoms with Crippen molar-refractivity contribution in [3.63, 3.8) is 0 Å². The zero-order valence-corrected chi connectivity index (χ0v) is 17.4. The number of aromatic nitrogens is 4. The number of aromatic amines is 1. The van der Waals surface area contributed by atoms with E-state index in [0.717, 1.165) is 13.2 Å². The molecule has 5 nitrogen and oxygen atoms in total. The Morgan fingerprint density at radius 3 is 2.50 bits per heavy atom. The van der Waals surface area contributed by atoms with Gasteiger partial charge in [0, 0.05) is 28.4 Å². The van der Waals surface area contributed by atoms with Crippen molar-refractivity contribution in [1.82, 2.24) is 19.7 Å². The van der Waals surface area contributed by atoms with Crippen LogP contribution in [0.5, 0.6) is 0 Å². The maximum atomic E-state index is 5.88. The highest BCUT2D eigenvalue weighted by atomic mass is 28.3. The normalized spacial score (nSPS) is 12.2. The van der Waals surface area contributed by atoms with Crippen LogP contribution in [0.2, 0.25) is 18.1 Å². The van der Waals surface area contributed by atoms with Crippen LogP contribution in [0.25, 0.3) is 10.9 Å². The minimum atomic E-state index is -1.51. The van der Waals surface area contributed by atoms with Gasteiger partial charge in [0.2, 0.25) is 0 Å². The van der Waals surface area contributed by atoms with Gasteiger partial charge in [0.1, 0.15) is 20.7 Å². The molecule has 0 atom stereocenters. The van der Waals surface area contributed by atoms with Gasteiger partial charge in [-0.1, -0.05) is 45.0 Å². The maximum absolute atomic E-state index is 5.88. The number of rotatable bonds is 9. The molecule has 1 aromatic carbocycles. The Morgan fingerprint density at radius 1 is 1.12 bits per heavy atom. The Bertz CT molecular complexity index is 829. The van der Waals surface area contributed by atoms with Crippen molar-refractivity contribution in [1.29, 1.82) is 0 Å². The van der Waals surface area contributed by atoms with Gasteiger partial charge >= 0.3 is 0 Å². The van der Waals surface area contributed by atoms with Crippen LogP contribution in [0.1, 0.15) is 38.8 Å². The lowest BCUT2D eigenvalue weighted by molar-refractivity contribution is 0.135. The molecule has 0 radical (unpaired) electrons. The predicted octanol–water partition coefficient (Wildman–Crippen LogP) is 4.06. The summed E-state index contributed by atoms with van der Waals surface area (Å²) >= 11 is 0. The van der Waals surface area contributed by atoms with Crippen LogP contribution < -0.4 is 5.32 Å². The summed E-state index contributed by atoms with van der Waals surface area (Å²) in [4.78, 5) is 7.84. The number of hydrogen-bond acceptors (Lipinski definition) is 3. The Kier molecular flexibility index (Phi) is 5.93. The molecule has 6 heteroatoms. The third-order valence-corrected chi connectivity index (χ3v) is 11.3. The van der Waals surface area contributed by atoms with E-state index in [2.05, 4.69) is 61.0 Å². The van der Waals surface area contributed by atoms with Crippen LogP contribution in [0.4, 0.5) is 0 Å². The van der Waals surface area contributed by atoms with Crippen LogP contribution in [-0.4, -0.2) is 34.4 Å². The van der Waals surface area contributed by atoms with Crippen molar-refractivity contribution in [3.05, 3.63) is 42.0 Å². The van der Waals surface area contributed by atoms with E-state index < -0.39 is 8.07 Å². The molecule has 2 heterocycles. The van der Waals surface area contributed by atoms with Gasteiger partial charge in [-0.05, 0) is 24.6 Å². The zero-order chi connectivity index (χ0) is 18.6. The van der Waals surface area contributed by atoms with E-state index in [9.17, 15) is 0 Å². The Morgan fingerprint density at radius 2 is 1.88 bits per heavy atom. The summed E-state index contributed by atoms with van der Waals surface area (Å²) in [6, 6.07) is 10.5.